The molecule has 17 heavy (non-hydrogen) atoms. The molecule has 1 unspecified atom stereocenters. The van der Waals surface area contributed by atoms with Gasteiger partial charge >= 0.3 is 0 Å². The van der Waals surface area contributed by atoms with Gasteiger partial charge in [-0.25, -0.2) is 4.39 Å². The summed E-state index contributed by atoms with van der Waals surface area (Å²) in [5, 5.41) is 3.82. The highest BCUT2D eigenvalue weighted by Gasteiger charge is 2.14. The Morgan fingerprint density at radius 1 is 1.53 bits per heavy atom. The maximum absolute atomic E-state index is 13.1. The van der Waals surface area contributed by atoms with Gasteiger partial charge in [-0.1, -0.05) is 12.1 Å². The van der Waals surface area contributed by atoms with Gasteiger partial charge in [0.25, 0.3) is 0 Å². The molecule has 1 atom stereocenters. The van der Waals surface area contributed by atoms with Crippen LogP contribution in [-0.4, -0.2) is 10.1 Å². The predicted molar refractivity (Wildman–Crippen MR) is 64.6 cm³/mol. The SMILES string of the molecule is CCC(N)c1nc(-c2ccc(F)c(Br)c2)no1. The minimum Gasteiger partial charge on any atom is -0.337 e. The summed E-state index contributed by atoms with van der Waals surface area (Å²) in [6.45, 7) is 1.93. The van der Waals surface area contributed by atoms with Gasteiger partial charge in [0.05, 0.1) is 10.5 Å². The van der Waals surface area contributed by atoms with Crippen molar-refractivity contribution in [3.8, 4) is 11.4 Å². The van der Waals surface area contributed by atoms with E-state index in [1.54, 1.807) is 12.1 Å². The molecule has 0 amide bonds. The molecule has 2 rings (SSSR count). The first-order valence-corrected chi connectivity index (χ1v) is 5.95. The molecule has 1 aromatic carbocycles. The van der Waals surface area contributed by atoms with Crippen molar-refractivity contribution in [3.05, 3.63) is 34.4 Å². The number of benzene rings is 1. The second-order valence-electron chi connectivity index (χ2n) is 3.60. The number of aromatic nitrogens is 2. The molecule has 2 aromatic rings. The number of hydrogen-bond acceptors (Lipinski definition) is 4. The first-order valence-electron chi connectivity index (χ1n) is 5.16. The Hall–Kier alpha value is -1.27. The standard InChI is InChI=1S/C11H11BrFN3O/c1-2-9(14)11-15-10(16-17-11)6-3-4-8(13)7(12)5-6/h3-5,9H,2,14H2,1H3. The molecule has 90 valence electrons. The highest BCUT2D eigenvalue weighted by atomic mass is 79.9. The zero-order chi connectivity index (χ0) is 12.4. The van der Waals surface area contributed by atoms with Crippen molar-refractivity contribution >= 4 is 15.9 Å². The molecule has 0 aliphatic rings. The molecule has 0 spiro atoms. The van der Waals surface area contributed by atoms with Crippen LogP contribution >= 0.6 is 15.9 Å². The Morgan fingerprint density at radius 3 is 2.94 bits per heavy atom. The van der Waals surface area contributed by atoms with Gasteiger partial charge in [0.1, 0.15) is 5.82 Å². The predicted octanol–water partition coefficient (Wildman–Crippen LogP) is 3.05. The summed E-state index contributed by atoms with van der Waals surface area (Å²) in [5.41, 5.74) is 6.45. The fraction of sp³-hybridized carbons (Fsp3) is 0.273. The summed E-state index contributed by atoms with van der Waals surface area (Å²) in [7, 11) is 0. The first kappa shape index (κ1) is 12.2. The van der Waals surface area contributed by atoms with Gasteiger partial charge in [-0.05, 0) is 40.5 Å². The summed E-state index contributed by atoms with van der Waals surface area (Å²) in [6.07, 6.45) is 0.717. The van der Waals surface area contributed by atoms with Gasteiger partial charge in [0, 0.05) is 5.56 Å². The van der Waals surface area contributed by atoms with Crippen molar-refractivity contribution < 1.29 is 8.91 Å². The monoisotopic (exact) mass is 299 g/mol. The Kier molecular flexibility index (Phi) is 3.54. The van der Waals surface area contributed by atoms with E-state index < -0.39 is 0 Å². The van der Waals surface area contributed by atoms with Crippen LogP contribution in [-0.2, 0) is 0 Å². The van der Waals surface area contributed by atoms with Crippen molar-refractivity contribution in [1.29, 1.82) is 0 Å². The molecule has 0 aliphatic carbocycles. The van der Waals surface area contributed by atoms with Gasteiger partial charge in [0.15, 0.2) is 0 Å². The zero-order valence-electron chi connectivity index (χ0n) is 9.15. The lowest BCUT2D eigenvalue weighted by Crippen LogP contribution is -2.08. The maximum Gasteiger partial charge on any atom is 0.243 e. The lowest BCUT2D eigenvalue weighted by molar-refractivity contribution is 0.352. The number of hydrogen-bond donors (Lipinski definition) is 1. The smallest absolute Gasteiger partial charge is 0.243 e. The topological polar surface area (TPSA) is 64.9 Å². The van der Waals surface area contributed by atoms with E-state index in [0.717, 1.165) is 6.42 Å². The molecular weight excluding hydrogens is 289 g/mol. The lowest BCUT2D eigenvalue weighted by atomic mass is 10.2. The molecule has 0 aliphatic heterocycles. The van der Waals surface area contributed by atoms with Crippen molar-refractivity contribution in [1.82, 2.24) is 10.1 Å². The van der Waals surface area contributed by atoms with Crippen molar-refractivity contribution in [2.75, 3.05) is 0 Å². The summed E-state index contributed by atoms with van der Waals surface area (Å²) in [6, 6.07) is 4.27. The molecule has 4 nitrogen and oxygen atoms in total. The van der Waals surface area contributed by atoms with E-state index in [2.05, 4.69) is 26.1 Å². The maximum atomic E-state index is 13.1. The molecule has 0 saturated heterocycles. The minimum absolute atomic E-state index is 0.264. The molecule has 2 N–H and O–H groups in total. The fourth-order valence-corrected chi connectivity index (χ4v) is 1.69. The van der Waals surface area contributed by atoms with Crippen molar-refractivity contribution in [2.24, 2.45) is 5.73 Å². The van der Waals surface area contributed by atoms with E-state index in [0.29, 0.717) is 21.8 Å². The Bertz CT molecular complexity index is 529. The van der Waals surface area contributed by atoms with E-state index in [9.17, 15) is 4.39 Å². The van der Waals surface area contributed by atoms with Crippen LogP contribution in [0.25, 0.3) is 11.4 Å². The van der Waals surface area contributed by atoms with Crippen LogP contribution in [0.4, 0.5) is 4.39 Å². The largest absolute Gasteiger partial charge is 0.337 e. The van der Waals surface area contributed by atoms with Crippen LogP contribution in [0.15, 0.2) is 27.2 Å². The van der Waals surface area contributed by atoms with Gasteiger partial charge in [-0.2, -0.15) is 4.98 Å². The third-order valence-corrected chi connectivity index (χ3v) is 2.98. The molecule has 0 fully saturated rings. The summed E-state index contributed by atoms with van der Waals surface area (Å²) < 4.78 is 18.5. The third kappa shape index (κ3) is 2.53. The normalized spacial score (nSPS) is 12.7. The second-order valence-corrected chi connectivity index (χ2v) is 4.45. The zero-order valence-corrected chi connectivity index (χ0v) is 10.7. The lowest BCUT2D eigenvalue weighted by Gasteiger charge is -1.99. The van der Waals surface area contributed by atoms with Gasteiger partial charge in [0.2, 0.25) is 11.7 Å². The first-order chi connectivity index (χ1) is 8.11. The van der Waals surface area contributed by atoms with E-state index in [-0.39, 0.29) is 11.9 Å². The molecule has 0 saturated carbocycles. The number of nitrogens with two attached hydrogens (primary N) is 1. The van der Waals surface area contributed by atoms with E-state index in [4.69, 9.17) is 10.3 Å². The third-order valence-electron chi connectivity index (χ3n) is 2.38. The van der Waals surface area contributed by atoms with Crippen molar-refractivity contribution in [2.45, 2.75) is 19.4 Å². The number of nitrogens with zero attached hydrogens (tertiary/aromatic N) is 2. The molecule has 1 heterocycles. The summed E-state index contributed by atoms with van der Waals surface area (Å²) in [5.74, 6) is 0.468. The molecule has 0 bridgehead atoms. The van der Waals surface area contributed by atoms with Crippen LogP contribution in [0.1, 0.15) is 25.3 Å². The van der Waals surface area contributed by atoms with E-state index in [1.807, 2.05) is 6.92 Å². The van der Waals surface area contributed by atoms with Crippen LogP contribution in [0, 0.1) is 5.82 Å². The Labute approximate surface area is 106 Å². The fourth-order valence-electron chi connectivity index (χ4n) is 1.31. The average Bonchev–Trinajstić information content (AvgIpc) is 2.81. The highest BCUT2D eigenvalue weighted by molar-refractivity contribution is 9.10. The van der Waals surface area contributed by atoms with Gasteiger partial charge < -0.3 is 10.3 Å². The Morgan fingerprint density at radius 2 is 2.29 bits per heavy atom. The summed E-state index contributed by atoms with van der Waals surface area (Å²) >= 11 is 3.11. The molecular formula is C11H11BrFN3O. The highest BCUT2D eigenvalue weighted by Crippen LogP contribution is 2.24. The average molecular weight is 300 g/mol. The summed E-state index contributed by atoms with van der Waals surface area (Å²) in [4.78, 5) is 4.18. The van der Waals surface area contributed by atoms with Crippen LogP contribution in [0.3, 0.4) is 0 Å². The van der Waals surface area contributed by atoms with Gasteiger partial charge in [-0.15, -0.1) is 0 Å². The quantitative estimate of drug-likeness (QED) is 0.946. The minimum atomic E-state index is -0.331. The van der Waals surface area contributed by atoms with Crippen LogP contribution in [0.5, 0.6) is 0 Å². The molecule has 1 aromatic heterocycles. The van der Waals surface area contributed by atoms with Crippen molar-refractivity contribution in [3.63, 3.8) is 0 Å². The second kappa shape index (κ2) is 4.93. The van der Waals surface area contributed by atoms with Gasteiger partial charge in [-0.3, -0.25) is 0 Å². The molecule has 0 radical (unpaired) electrons. The van der Waals surface area contributed by atoms with Crippen LogP contribution in [0.2, 0.25) is 0 Å². The van der Waals surface area contributed by atoms with E-state index >= 15 is 0 Å². The van der Waals surface area contributed by atoms with E-state index in [1.165, 1.54) is 6.07 Å². The van der Waals surface area contributed by atoms with Crippen LogP contribution < -0.4 is 5.73 Å². The number of rotatable bonds is 3. The molecule has 6 heteroatoms. The number of halogens is 2. The Balaban J connectivity index is 2.33.